The fraction of sp³-hybridized carbons (Fsp3) is 0.353. The molecule has 0 radical (unpaired) electrons. The van der Waals surface area contributed by atoms with Crippen LogP contribution in [0.25, 0.3) is 16.6 Å². The Bertz CT molecular complexity index is 924. The lowest BCUT2D eigenvalue weighted by Gasteiger charge is -2.20. The number of benzene rings is 1. The minimum atomic E-state index is -0.243. The minimum Gasteiger partial charge on any atom is -0.481 e. The zero-order valence-electron chi connectivity index (χ0n) is 13.5. The normalized spacial score (nSPS) is 18.0. The maximum Gasteiger partial charge on any atom is 0.348 e. The highest BCUT2D eigenvalue weighted by molar-refractivity contribution is 5.86. The molecule has 1 fully saturated rings. The maximum atomic E-state index is 12.4. The van der Waals surface area contributed by atoms with Gasteiger partial charge in [0, 0.05) is 23.9 Å². The van der Waals surface area contributed by atoms with Crippen LogP contribution in [0, 0.1) is 0 Å². The van der Waals surface area contributed by atoms with Gasteiger partial charge in [-0.1, -0.05) is 12.1 Å². The Hall–Kier alpha value is -2.67. The SMILES string of the molecule is COc1ccc2cccc(-n3nc(C4CCCNC4)[nH]c3=O)c2n1. The Morgan fingerprint density at radius 1 is 1.29 bits per heavy atom. The van der Waals surface area contributed by atoms with Crippen molar-refractivity contribution < 1.29 is 4.74 Å². The number of nitrogens with one attached hydrogen (secondary N) is 2. The summed E-state index contributed by atoms with van der Waals surface area (Å²) in [5, 5.41) is 8.82. The first kappa shape index (κ1) is 14.9. The minimum absolute atomic E-state index is 0.241. The van der Waals surface area contributed by atoms with Crippen molar-refractivity contribution in [2.45, 2.75) is 18.8 Å². The monoisotopic (exact) mass is 325 g/mol. The molecule has 2 N–H and O–H groups in total. The first-order valence-electron chi connectivity index (χ1n) is 8.10. The first-order valence-corrected chi connectivity index (χ1v) is 8.10. The van der Waals surface area contributed by atoms with Crippen LogP contribution < -0.4 is 15.7 Å². The van der Waals surface area contributed by atoms with E-state index in [-0.39, 0.29) is 11.6 Å². The standard InChI is InChI=1S/C17H19N5O2/c1-24-14-8-7-11-4-2-6-13(15(11)19-14)22-17(23)20-16(21-22)12-5-3-9-18-10-12/h2,4,6-8,12,18H,3,5,9-10H2,1H3,(H,20,21,23). The summed E-state index contributed by atoms with van der Waals surface area (Å²) in [5.74, 6) is 1.48. The number of aromatic amines is 1. The van der Waals surface area contributed by atoms with Gasteiger partial charge in [-0.2, -0.15) is 4.68 Å². The molecule has 0 bridgehead atoms. The molecule has 7 nitrogen and oxygen atoms in total. The molecule has 3 aromatic rings. The van der Waals surface area contributed by atoms with Crippen molar-refractivity contribution in [1.82, 2.24) is 25.1 Å². The molecule has 0 spiro atoms. The molecule has 1 unspecified atom stereocenters. The van der Waals surface area contributed by atoms with Crippen LogP contribution in [-0.4, -0.2) is 39.9 Å². The van der Waals surface area contributed by atoms with E-state index in [1.54, 1.807) is 13.2 Å². The maximum absolute atomic E-state index is 12.4. The number of fused-ring (bicyclic) bond motifs is 1. The predicted octanol–water partition coefficient (Wildman–Crippen LogP) is 1.58. The molecule has 0 amide bonds. The molecule has 1 aromatic carbocycles. The average molecular weight is 325 g/mol. The Morgan fingerprint density at radius 3 is 3.00 bits per heavy atom. The molecule has 124 valence electrons. The van der Waals surface area contributed by atoms with Gasteiger partial charge < -0.3 is 10.1 Å². The molecule has 1 atom stereocenters. The van der Waals surface area contributed by atoms with Gasteiger partial charge in [0.15, 0.2) is 0 Å². The number of H-pyrrole nitrogens is 1. The zero-order chi connectivity index (χ0) is 16.5. The van der Waals surface area contributed by atoms with Crippen LogP contribution >= 0.6 is 0 Å². The number of nitrogens with zero attached hydrogens (tertiary/aromatic N) is 3. The van der Waals surface area contributed by atoms with Crippen molar-refractivity contribution in [3.8, 4) is 11.6 Å². The molecule has 0 aliphatic carbocycles. The molecule has 24 heavy (non-hydrogen) atoms. The fourth-order valence-electron chi connectivity index (χ4n) is 3.17. The third kappa shape index (κ3) is 2.56. The highest BCUT2D eigenvalue weighted by Crippen LogP contribution is 2.23. The van der Waals surface area contributed by atoms with Crippen LogP contribution in [0.3, 0.4) is 0 Å². The van der Waals surface area contributed by atoms with Crippen LogP contribution in [0.15, 0.2) is 35.1 Å². The summed E-state index contributed by atoms with van der Waals surface area (Å²) in [4.78, 5) is 19.8. The van der Waals surface area contributed by atoms with Gasteiger partial charge in [0.2, 0.25) is 5.88 Å². The van der Waals surface area contributed by atoms with E-state index < -0.39 is 0 Å². The summed E-state index contributed by atoms with van der Waals surface area (Å²) in [6.45, 7) is 1.86. The van der Waals surface area contributed by atoms with Gasteiger partial charge in [0.1, 0.15) is 11.3 Å². The molecule has 4 rings (SSSR count). The van der Waals surface area contributed by atoms with E-state index >= 15 is 0 Å². The highest BCUT2D eigenvalue weighted by atomic mass is 16.5. The third-order valence-corrected chi connectivity index (χ3v) is 4.43. The summed E-state index contributed by atoms with van der Waals surface area (Å²) in [7, 11) is 1.58. The van der Waals surface area contributed by atoms with Crippen LogP contribution in [0.1, 0.15) is 24.6 Å². The first-order chi connectivity index (χ1) is 11.8. The smallest absolute Gasteiger partial charge is 0.348 e. The Kier molecular flexibility index (Phi) is 3.78. The summed E-state index contributed by atoms with van der Waals surface area (Å²) in [5.41, 5.74) is 1.11. The molecule has 7 heteroatoms. The zero-order valence-corrected chi connectivity index (χ0v) is 13.5. The van der Waals surface area contributed by atoms with Crippen molar-refractivity contribution in [2.75, 3.05) is 20.2 Å². The van der Waals surface area contributed by atoms with Crippen LogP contribution in [-0.2, 0) is 0 Å². The third-order valence-electron chi connectivity index (χ3n) is 4.43. The van der Waals surface area contributed by atoms with Gasteiger partial charge in [-0.25, -0.2) is 9.78 Å². The fourth-order valence-corrected chi connectivity index (χ4v) is 3.17. The molecule has 0 saturated carbocycles. The lowest BCUT2D eigenvalue weighted by atomic mass is 9.99. The van der Waals surface area contributed by atoms with Gasteiger partial charge >= 0.3 is 5.69 Å². The van der Waals surface area contributed by atoms with E-state index in [1.807, 2.05) is 24.3 Å². The summed E-state index contributed by atoms with van der Waals surface area (Å²) < 4.78 is 6.61. The Labute approximate surface area is 138 Å². The van der Waals surface area contributed by atoms with Crippen LogP contribution in [0.2, 0.25) is 0 Å². The topological polar surface area (TPSA) is 84.8 Å². The van der Waals surface area contributed by atoms with Gasteiger partial charge in [0.25, 0.3) is 0 Å². The largest absolute Gasteiger partial charge is 0.481 e. The lowest BCUT2D eigenvalue weighted by molar-refractivity contribution is 0.399. The summed E-state index contributed by atoms with van der Waals surface area (Å²) in [6.07, 6.45) is 2.12. The quantitative estimate of drug-likeness (QED) is 0.764. The van der Waals surface area contributed by atoms with E-state index in [2.05, 4.69) is 20.4 Å². The van der Waals surface area contributed by atoms with Crippen molar-refractivity contribution in [2.24, 2.45) is 0 Å². The van der Waals surface area contributed by atoms with E-state index in [4.69, 9.17) is 4.74 Å². The van der Waals surface area contributed by atoms with Crippen LogP contribution in [0.4, 0.5) is 0 Å². The van der Waals surface area contributed by atoms with Gasteiger partial charge in [0.05, 0.1) is 12.8 Å². The summed E-state index contributed by atoms with van der Waals surface area (Å²) >= 11 is 0. The number of piperidine rings is 1. The summed E-state index contributed by atoms with van der Waals surface area (Å²) in [6, 6.07) is 9.43. The highest BCUT2D eigenvalue weighted by Gasteiger charge is 2.20. The van der Waals surface area contributed by atoms with Gasteiger partial charge in [-0.05, 0) is 31.5 Å². The van der Waals surface area contributed by atoms with E-state index in [9.17, 15) is 4.79 Å². The Morgan fingerprint density at radius 2 is 2.21 bits per heavy atom. The molecule has 3 heterocycles. The molecule has 1 saturated heterocycles. The van der Waals surface area contributed by atoms with E-state index in [1.165, 1.54) is 4.68 Å². The number of ether oxygens (including phenoxy) is 1. The van der Waals surface area contributed by atoms with Gasteiger partial charge in [-0.3, -0.25) is 4.98 Å². The lowest BCUT2D eigenvalue weighted by Crippen LogP contribution is -2.29. The van der Waals surface area contributed by atoms with Crippen molar-refractivity contribution in [3.05, 3.63) is 46.6 Å². The molecule has 2 aromatic heterocycles. The van der Waals surface area contributed by atoms with E-state index in [0.717, 1.165) is 37.1 Å². The van der Waals surface area contributed by atoms with Crippen molar-refractivity contribution in [3.63, 3.8) is 0 Å². The number of hydrogen-bond acceptors (Lipinski definition) is 5. The van der Waals surface area contributed by atoms with Crippen molar-refractivity contribution in [1.29, 1.82) is 0 Å². The average Bonchev–Trinajstić information content (AvgIpc) is 3.03. The number of hydrogen-bond donors (Lipinski definition) is 2. The molecular weight excluding hydrogens is 306 g/mol. The predicted molar refractivity (Wildman–Crippen MR) is 90.9 cm³/mol. The van der Waals surface area contributed by atoms with Crippen molar-refractivity contribution >= 4 is 10.9 Å². The number of para-hydroxylation sites is 1. The number of methoxy groups -OCH3 is 1. The number of pyridine rings is 1. The number of rotatable bonds is 3. The Balaban J connectivity index is 1.82. The second kappa shape index (κ2) is 6.09. The van der Waals surface area contributed by atoms with Gasteiger partial charge in [-0.15, -0.1) is 5.10 Å². The molecular formula is C17H19N5O2. The second-order valence-corrected chi connectivity index (χ2v) is 5.97. The molecule has 1 aliphatic rings. The number of aromatic nitrogens is 4. The van der Waals surface area contributed by atoms with E-state index in [0.29, 0.717) is 17.1 Å². The molecule has 1 aliphatic heterocycles. The second-order valence-electron chi connectivity index (χ2n) is 5.97. The van der Waals surface area contributed by atoms with Crippen LogP contribution in [0.5, 0.6) is 5.88 Å².